The van der Waals surface area contributed by atoms with Crippen LogP contribution in [0.2, 0.25) is 0 Å². The van der Waals surface area contributed by atoms with E-state index in [1.165, 1.54) is 12.8 Å². The maximum atomic E-state index is 2.50. The van der Waals surface area contributed by atoms with Gasteiger partial charge in [0, 0.05) is 0 Å². The monoisotopic (exact) mass is 150 g/mol. The highest BCUT2D eigenvalue weighted by Crippen LogP contribution is 2.89. The van der Waals surface area contributed by atoms with Gasteiger partial charge in [-0.1, -0.05) is 20.3 Å². The molecule has 0 saturated heterocycles. The van der Waals surface area contributed by atoms with Crippen LogP contribution in [0.3, 0.4) is 0 Å². The lowest BCUT2D eigenvalue weighted by Gasteiger charge is -2.41. The Bertz CT molecular complexity index is 204. The van der Waals surface area contributed by atoms with Gasteiger partial charge in [0.05, 0.1) is 0 Å². The molecule has 3 fully saturated rings. The lowest BCUT2D eigenvalue weighted by Crippen LogP contribution is -2.35. The molecule has 0 aromatic rings. The molecular formula is C11H18. The van der Waals surface area contributed by atoms with E-state index in [9.17, 15) is 0 Å². The zero-order valence-corrected chi connectivity index (χ0v) is 7.69. The Balaban J connectivity index is 1.93. The molecule has 0 heterocycles. The molecule has 0 aromatic carbocycles. The third-order valence-electron chi connectivity index (χ3n) is 5.29. The minimum Gasteiger partial charge on any atom is -0.0651 e. The van der Waals surface area contributed by atoms with Gasteiger partial charge in [0.25, 0.3) is 0 Å². The summed E-state index contributed by atoms with van der Waals surface area (Å²) in [5, 5.41) is 0. The Hall–Kier alpha value is 0. The lowest BCUT2D eigenvalue weighted by molar-refractivity contribution is 0.0678. The van der Waals surface area contributed by atoms with Crippen molar-refractivity contribution >= 4 is 0 Å². The average Bonchev–Trinajstić information content (AvgIpc) is 2.45. The van der Waals surface area contributed by atoms with Crippen molar-refractivity contribution in [2.24, 2.45) is 22.7 Å². The van der Waals surface area contributed by atoms with E-state index in [-0.39, 0.29) is 0 Å². The van der Waals surface area contributed by atoms with Crippen LogP contribution in [0.5, 0.6) is 0 Å². The van der Waals surface area contributed by atoms with Crippen LogP contribution in [-0.2, 0) is 0 Å². The summed E-state index contributed by atoms with van der Waals surface area (Å²) in [6, 6.07) is 0. The molecule has 3 aliphatic carbocycles. The summed E-state index contributed by atoms with van der Waals surface area (Å²) in [4.78, 5) is 0. The predicted molar refractivity (Wildman–Crippen MR) is 46.3 cm³/mol. The SMILES string of the molecule is CCC1CC23CCC(C)C12C3. The van der Waals surface area contributed by atoms with Crippen molar-refractivity contribution in [3.05, 3.63) is 0 Å². The van der Waals surface area contributed by atoms with Crippen molar-refractivity contribution in [3.63, 3.8) is 0 Å². The van der Waals surface area contributed by atoms with Crippen LogP contribution in [0.15, 0.2) is 0 Å². The Morgan fingerprint density at radius 3 is 2.82 bits per heavy atom. The van der Waals surface area contributed by atoms with E-state index in [2.05, 4.69) is 13.8 Å². The largest absolute Gasteiger partial charge is 0.0651 e. The fraction of sp³-hybridized carbons (Fsp3) is 1.00. The molecule has 0 radical (unpaired) electrons. The van der Waals surface area contributed by atoms with E-state index in [4.69, 9.17) is 0 Å². The second kappa shape index (κ2) is 1.53. The first-order valence-corrected chi connectivity index (χ1v) is 5.25. The average molecular weight is 150 g/mol. The van der Waals surface area contributed by atoms with Crippen LogP contribution >= 0.6 is 0 Å². The van der Waals surface area contributed by atoms with Crippen molar-refractivity contribution in [1.82, 2.24) is 0 Å². The fourth-order valence-electron chi connectivity index (χ4n) is 4.66. The van der Waals surface area contributed by atoms with Crippen LogP contribution in [0.25, 0.3) is 0 Å². The van der Waals surface area contributed by atoms with E-state index < -0.39 is 0 Å². The summed E-state index contributed by atoms with van der Waals surface area (Å²) in [7, 11) is 0. The zero-order chi connectivity index (χ0) is 7.69. The van der Waals surface area contributed by atoms with E-state index in [1.54, 1.807) is 19.3 Å². The van der Waals surface area contributed by atoms with Crippen LogP contribution in [0, 0.1) is 22.7 Å². The first-order chi connectivity index (χ1) is 5.25. The molecule has 3 saturated carbocycles. The topological polar surface area (TPSA) is 0 Å². The zero-order valence-electron chi connectivity index (χ0n) is 7.69. The molecule has 0 N–H and O–H groups in total. The number of hydrogen-bond donors (Lipinski definition) is 0. The first kappa shape index (κ1) is 6.51. The van der Waals surface area contributed by atoms with Crippen molar-refractivity contribution in [2.45, 2.75) is 46.0 Å². The highest BCUT2D eigenvalue weighted by molar-refractivity contribution is 5.30. The molecule has 0 heteroatoms. The molecule has 0 aliphatic heterocycles. The van der Waals surface area contributed by atoms with Gasteiger partial charge in [-0.15, -0.1) is 0 Å². The second-order valence-electron chi connectivity index (χ2n) is 5.25. The van der Waals surface area contributed by atoms with Gasteiger partial charge >= 0.3 is 0 Å². The summed E-state index contributed by atoms with van der Waals surface area (Å²) in [5.41, 5.74) is 1.83. The Labute approximate surface area is 69.4 Å². The fourth-order valence-corrected chi connectivity index (χ4v) is 4.66. The molecule has 0 aromatic heterocycles. The third-order valence-corrected chi connectivity index (χ3v) is 5.29. The standard InChI is InChI=1S/C11H18/c1-3-9-6-10-5-4-8(2)11(9,10)7-10/h8-9H,3-7H2,1-2H3. The summed E-state index contributed by atoms with van der Waals surface area (Å²) in [5.74, 6) is 2.20. The summed E-state index contributed by atoms with van der Waals surface area (Å²) >= 11 is 0. The molecule has 0 nitrogen and oxygen atoms in total. The van der Waals surface area contributed by atoms with E-state index in [1.807, 2.05) is 0 Å². The molecule has 3 rings (SSSR count). The number of hydrogen-bond acceptors (Lipinski definition) is 0. The van der Waals surface area contributed by atoms with Crippen molar-refractivity contribution in [2.75, 3.05) is 0 Å². The van der Waals surface area contributed by atoms with Gasteiger partial charge in [0.1, 0.15) is 0 Å². The normalized spacial score (nSPS) is 64.9. The lowest BCUT2D eigenvalue weighted by atomic mass is 9.63. The highest BCUT2D eigenvalue weighted by atomic mass is 14.9. The van der Waals surface area contributed by atoms with Gasteiger partial charge in [-0.2, -0.15) is 0 Å². The molecular weight excluding hydrogens is 132 g/mol. The Morgan fingerprint density at radius 1 is 1.45 bits per heavy atom. The summed E-state index contributed by atoms with van der Waals surface area (Å²) in [6.45, 7) is 4.88. The third kappa shape index (κ3) is 0.443. The molecule has 0 amide bonds. The summed E-state index contributed by atoms with van der Waals surface area (Å²) < 4.78 is 0. The quantitative estimate of drug-likeness (QED) is 0.538. The second-order valence-corrected chi connectivity index (χ2v) is 5.25. The van der Waals surface area contributed by atoms with Crippen LogP contribution in [0.1, 0.15) is 46.0 Å². The van der Waals surface area contributed by atoms with E-state index in [0.29, 0.717) is 0 Å². The van der Waals surface area contributed by atoms with E-state index >= 15 is 0 Å². The van der Waals surface area contributed by atoms with Crippen molar-refractivity contribution in [1.29, 1.82) is 0 Å². The van der Waals surface area contributed by atoms with Crippen LogP contribution < -0.4 is 0 Å². The first-order valence-electron chi connectivity index (χ1n) is 5.25. The molecule has 4 atom stereocenters. The minimum absolute atomic E-state index is 0.905. The predicted octanol–water partition coefficient (Wildman–Crippen LogP) is 3.22. The molecule has 0 bridgehead atoms. The van der Waals surface area contributed by atoms with Gasteiger partial charge in [-0.3, -0.25) is 0 Å². The highest BCUT2D eigenvalue weighted by Gasteiger charge is 2.81. The smallest absolute Gasteiger partial charge is 0.0181 e. The van der Waals surface area contributed by atoms with Crippen LogP contribution in [0.4, 0.5) is 0 Å². The molecule has 3 aliphatic rings. The van der Waals surface area contributed by atoms with Gasteiger partial charge in [-0.25, -0.2) is 0 Å². The maximum absolute atomic E-state index is 2.50. The maximum Gasteiger partial charge on any atom is -0.0181 e. The van der Waals surface area contributed by atoms with Crippen molar-refractivity contribution in [3.8, 4) is 0 Å². The molecule has 4 unspecified atom stereocenters. The minimum atomic E-state index is 0.905. The molecule has 0 spiro atoms. The van der Waals surface area contributed by atoms with Gasteiger partial charge in [0.2, 0.25) is 0 Å². The Kier molecular flexibility index (Phi) is 0.906. The number of rotatable bonds is 1. The van der Waals surface area contributed by atoms with Crippen LogP contribution in [-0.4, -0.2) is 0 Å². The van der Waals surface area contributed by atoms with Gasteiger partial charge < -0.3 is 0 Å². The molecule has 62 valence electrons. The van der Waals surface area contributed by atoms with Gasteiger partial charge in [0.15, 0.2) is 0 Å². The molecule has 11 heavy (non-hydrogen) atoms. The summed E-state index contributed by atoms with van der Waals surface area (Å²) in [6.07, 6.45) is 7.76. The van der Waals surface area contributed by atoms with Crippen molar-refractivity contribution < 1.29 is 0 Å². The Morgan fingerprint density at radius 2 is 2.27 bits per heavy atom. The van der Waals surface area contributed by atoms with E-state index in [0.717, 1.165) is 22.7 Å². The van der Waals surface area contributed by atoms with Gasteiger partial charge in [-0.05, 0) is 48.3 Å².